The van der Waals surface area contributed by atoms with Crippen molar-refractivity contribution in [3.63, 3.8) is 0 Å². The lowest BCUT2D eigenvalue weighted by atomic mass is 9.83. The molecule has 2 rings (SSSR count). The van der Waals surface area contributed by atoms with E-state index in [1.54, 1.807) is 0 Å². The molecule has 0 aliphatic carbocycles. The Hall–Kier alpha value is -1.06. The molecule has 0 saturated heterocycles. The van der Waals surface area contributed by atoms with Crippen molar-refractivity contribution in [3.8, 4) is 5.75 Å². The smallest absolute Gasteiger partial charge is 0.122 e. The molecule has 0 fully saturated rings. The van der Waals surface area contributed by atoms with Crippen LogP contribution in [-0.2, 0) is 11.2 Å². The topological polar surface area (TPSA) is 30.5 Å². The molecule has 0 spiro atoms. The number of benzene rings is 1. The molecule has 0 aromatic heterocycles. The van der Waals surface area contributed by atoms with Crippen LogP contribution in [0.15, 0.2) is 18.2 Å². The molecule has 1 atom stereocenters. The minimum absolute atomic E-state index is 0.150. The molecule has 1 aromatic carbocycles. The lowest BCUT2D eigenvalue weighted by Crippen LogP contribution is -2.43. The van der Waals surface area contributed by atoms with Gasteiger partial charge in [0.1, 0.15) is 5.75 Å². The van der Waals surface area contributed by atoms with Crippen LogP contribution in [0.1, 0.15) is 43.9 Å². The summed E-state index contributed by atoms with van der Waals surface area (Å²) >= 11 is 0. The third-order valence-corrected chi connectivity index (χ3v) is 4.47. The highest BCUT2D eigenvalue weighted by Crippen LogP contribution is 2.37. The van der Waals surface area contributed by atoms with Crippen molar-refractivity contribution in [1.82, 2.24) is 5.32 Å². The number of hydrogen-bond donors (Lipinski definition) is 1. The number of ether oxygens (including phenoxy) is 2. The van der Waals surface area contributed by atoms with E-state index in [2.05, 4.69) is 37.4 Å². The number of fused-ring (bicyclic) bond motifs is 1. The highest BCUT2D eigenvalue weighted by Gasteiger charge is 2.36. The van der Waals surface area contributed by atoms with E-state index >= 15 is 0 Å². The summed E-state index contributed by atoms with van der Waals surface area (Å²) in [4.78, 5) is 0. The molecule has 0 bridgehead atoms. The van der Waals surface area contributed by atoms with Gasteiger partial charge in [-0.25, -0.2) is 0 Å². The summed E-state index contributed by atoms with van der Waals surface area (Å²) in [6, 6.07) is 6.72. The average Bonchev–Trinajstić information content (AvgIpc) is 2.92. The summed E-state index contributed by atoms with van der Waals surface area (Å²) in [6.45, 7) is 5.18. The van der Waals surface area contributed by atoms with Crippen LogP contribution in [0.5, 0.6) is 5.75 Å². The summed E-state index contributed by atoms with van der Waals surface area (Å²) in [7, 11) is 3.82. The third-order valence-electron chi connectivity index (χ3n) is 4.47. The summed E-state index contributed by atoms with van der Waals surface area (Å²) in [6.07, 6.45) is 2.98. The maximum absolute atomic E-state index is 5.87. The van der Waals surface area contributed by atoms with E-state index < -0.39 is 0 Å². The third kappa shape index (κ3) is 2.49. The largest absolute Gasteiger partial charge is 0.493 e. The van der Waals surface area contributed by atoms with Crippen LogP contribution in [0, 0.1) is 0 Å². The molecule has 3 nitrogen and oxygen atoms in total. The van der Waals surface area contributed by atoms with Crippen LogP contribution in [-0.4, -0.2) is 26.4 Å². The normalized spacial score (nSPS) is 16.0. The standard InChI is InChI=1S/C16H25NO2/c1-5-16(6-2,18-4)15(17-3)13-7-8-14-12(11-13)9-10-19-14/h7-8,11,15,17H,5-6,9-10H2,1-4H3. The predicted octanol–water partition coefficient (Wildman–Crippen LogP) is 3.09. The highest BCUT2D eigenvalue weighted by molar-refractivity contribution is 5.41. The summed E-state index contributed by atoms with van der Waals surface area (Å²) < 4.78 is 11.4. The van der Waals surface area contributed by atoms with Crippen LogP contribution in [0.3, 0.4) is 0 Å². The maximum Gasteiger partial charge on any atom is 0.122 e. The van der Waals surface area contributed by atoms with Gasteiger partial charge in [0, 0.05) is 13.5 Å². The minimum atomic E-state index is -0.150. The Labute approximate surface area is 116 Å². The van der Waals surface area contributed by atoms with Gasteiger partial charge in [0.2, 0.25) is 0 Å². The quantitative estimate of drug-likeness (QED) is 0.855. The van der Waals surface area contributed by atoms with Crippen molar-refractivity contribution in [2.24, 2.45) is 0 Å². The predicted molar refractivity (Wildman–Crippen MR) is 77.8 cm³/mol. The molecule has 1 heterocycles. The Morgan fingerprint density at radius 3 is 2.68 bits per heavy atom. The van der Waals surface area contributed by atoms with Gasteiger partial charge in [-0.2, -0.15) is 0 Å². The fourth-order valence-electron chi connectivity index (χ4n) is 3.18. The first-order valence-corrected chi connectivity index (χ1v) is 7.18. The van der Waals surface area contributed by atoms with E-state index in [1.165, 1.54) is 11.1 Å². The second-order valence-electron chi connectivity index (χ2n) is 5.16. The zero-order valence-corrected chi connectivity index (χ0v) is 12.5. The Kier molecular flexibility index (Phi) is 4.48. The van der Waals surface area contributed by atoms with Crippen molar-refractivity contribution in [1.29, 1.82) is 0 Å². The highest BCUT2D eigenvalue weighted by atomic mass is 16.5. The van der Waals surface area contributed by atoms with Gasteiger partial charge in [-0.3, -0.25) is 0 Å². The number of rotatable bonds is 6. The van der Waals surface area contributed by atoms with E-state index in [4.69, 9.17) is 9.47 Å². The maximum atomic E-state index is 5.87. The van der Waals surface area contributed by atoms with Crippen LogP contribution in [0.25, 0.3) is 0 Å². The van der Waals surface area contributed by atoms with Crippen molar-refractivity contribution < 1.29 is 9.47 Å². The molecule has 0 radical (unpaired) electrons. The van der Waals surface area contributed by atoms with E-state index in [9.17, 15) is 0 Å². The second kappa shape index (κ2) is 5.93. The number of hydrogen-bond acceptors (Lipinski definition) is 3. The fraction of sp³-hybridized carbons (Fsp3) is 0.625. The van der Waals surface area contributed by atoms with E-state index in [-0.39, 0.29) is 11.6 Å². The molecule has 106 valence electrons. The fourth-order valence-corrected chi connectivity index (χ4v) is 3.18. The van der Waals surface area contributed by atoms with Crippen molar-refractivity contribution >= 4 is 0 Å². The van der Waals surface area contributed by atoms with E-state index in [0.717, 1.165) is 31.6 Å². The molecule has 1 aliphatic heterocycles. The monoisotopic (exact) mass is 263 g/mol. The average molecular weight is 263 g/mol. The Bertz CT molecular complexity index is 418. The van der Waals surface area contributed by atoms with Crippen molar-refractivity contribution in [2.75, 3.05) is 20.8 Å². The van der Waals surface area contributed by atoms with Gasteiger partial charge < -0.3 is 14.8 Å². The molecular weight excluding hydrogens is 238 g/mol. The van der Waals surface area contributed by atoms with Gasteiger partial charge >= 0.3 is 0 Å². The van der Waals surface area contributed by atoms with E-state index in [1.807, 2.05) is 14.2 Å². The zero-order chi connectivity index (χ0) is 13.9. The first-order chi connectivity index (χ1) is 9.20. The molecule has 1 unspecified atom stereocenters. The van der Waals surface area contributed by atoms with Crippen molar-refractivity contribution in [2.45, 2.75) is 44.8 Å². The number of likely N-dealkylation sites (N-methyl/N-ethyl adjacent to an activating group) is 1. The lowest BCUT2D eigenvalue weighted by Gasteiger charge is -2.38. The molecule has 1 aliphatic rings. The molecule has 3 heteroatoms. The van der Waals surface area contributed by atoms with Crippen molar-refractivity contribution in [3.05, 3.63) is 29.3 Å². The molecule has 0 saturated carbocycles. The van der Waals surface area contributed by atoms with Crippen LogP contribution < -0.4 is 10.1 Å². The number of methoxy groups -OCH3 is 1. The van der Waals surface area contributed by atoms with E-state index in [0.29, 0.717) is 0 Å². The molecule has 1 N–H and O–H groups in total. The van der Waals surface area contributed by atoms with Gasteiger partial charge in [0.25, 0.3) is 0 Å². The summed E-state index contributed by atoms with van der Waals surface area (Å²) in [5.41, 5.74) is 2.45. The van der Waals surface area contributed by atoms with Gasteiger partial charge in [-0.15, -0.1) is 0 Å². The first-order valence-electron chi connectivity index (χ1n) is 7.18. The van der Waals surface area contributed by atoms with Crippen LogP contribution >= 0.6 is 0 Å². The Balaban J connectivity index is 2.36. The molecule has 19 heavy (non-hydrogen) atoms. The van der Waals surface area contributed by atoms with Gasteiger partial charge in [0.15, 0.2) is 0 Å². The SMILES string of the molecule is CCC(CC)(OC)C(NC)c1ccc2c(c1)CCO2. The van der Waals surface area contributed by atoms with Crippen LogP contribution in [0.4, 0.5) is 0 Å². The van der Waals surface area contributed by atoms with Gasteiger partial charge in [-0.05, 0) is 37.1 Å². The first kappa shape index (κ1) is 14.4. The summed E-state index contributed by atoms with van der Waals surface area (Å²) in [5.74, 6) is 1.04. The molecule has 0 amide bonds. The Morgan fingerprint density at radius 1 is 1.37 bits per heavy atom. The van der Waals surface area contributed by atoms with Gasteiger partial charge in [-0.1, -0.05) is 26.0 Å². The van der Waals surface area contributed by atoms with Gasteiger partial charge in [0.05, 0.1) is 18.2 Å². The zero-order valence-electron chi connectivity index (χ0n) is 12.5. The molecular formula is C16H25NO2. The summed E-state index contributed by atoms with van der Waals surface area (Å²) in [5, 5.41) is 3.44. The minimum Gasteiger partial charge on any atom is -0.493 e. The second-order valence-corrected chi connectivity index (χ2v) is 5.16. The Morgan fingerprint density at radius 2 is 2.11 bits per heavy atom. The lowest BCUT2D eigenvalue weighted by molar-refractivity contribution is -0.0468. The van der Waals surface area contributed by atoms with Crippen LogP contribution in [0.2, 0.25) is 0 Å². The molecule has 1 aromatic rings. The number of nitrogens with one attached hydrogen (secondary N) is 1.